The minimum absolute atomic E-state index is 0.345. The summed E-state index contributed by atoms with van der Waals surface area (Å²) in [4.78, 5) is 19.0. The summed E-state index contributed by atoms with van der Waals surface area (Å²) in [6, 6.07) is 5.61. The second-order valence-electron chi connectivity index (χ2n) is 4.81. The van der Waals surface area contributed by atoms with Crippen molar-refractivity contribution in [1.82, 2.24) is 9.88 Å². The van der Waals surface area contributed by atoms with E-state index in [1.54, 1.807) is 11.1 Å². The van der Waals surface area contributed by atoms with Gasteiger partial charge in [0.25, 0.3) is 5.78 Å². The van der Waals surface area contributed by atoms with Crippen molar-refractivity contribution in [3.63, 3.8) is 0 Å². The minimum Gasteiger partial charge on any atom is -0.371 e. The molecule has 0 amide bonds. The fourth-order valence-corrected chi connectivity index (χ4v) is 2.19. The van der Waals surface area contributed by atoms with Crippen LogP contribution in [0.15, 0.2) is 36.2 Å². The van der Waals surface area contributed by atoms with E-state index >= 15 is 0 Å². The Morgan fingerprint density at radius 3 is 2.43 bits per heavy atom. The Morgan fingerprint density at radius 2 is 1.90 bits per heavy atom. The molecule has 1 aliphatic rings. The van der Waals surface area contributed by atoms with E-state index in [1.807, 2.05) is 18.2 Å². The maximum absolute atomic E-state index is 12.2. The van der Waals surface area contributed by atoms with Gasteiger partial charge in [0.05, 0.1) is 0 Å². The fraction of sp³-hybridized carbons (Fsp3) is 0.429. The summed E-state index contributed by atoms with van der Waals surface area (Å²) in [5.74, 6) is -0.961. The number of alkyl halides is 3. The lowest BCUT2D eigenvalue weighted by molar-refractivity contribution is -0.165. The number of piperazine rings is 1. The molecule has 0 unspecified atom stereocenters. The van der Waals surface area contributed by atoms with Gasteiger partial charge < -0.3 is 9.80 Å². The number of aromatic nitrogens is 1. The molecule has 0 atom stereocenters. The number of hydrogen-bond donors (Lipinski definition) is 0. The van der Waals surface area contributed by atoms with Crippen molar-refractivity contribution in [2.75, 3.05) is 31.1 Å². The molecule has 0 N–H and O–H groups in total. The molecule has 2 rings (SSSR count). The first kappa shape index (κ1) is 15.3. The third-order valence-corrected chi connectivity index (χ3v) is 3.37. The Hall–Kier alpha value is -2.05. The van der Waals surface area contributed by atoms with Gasteiger partial charge in [0.15, 0.2) is 0 Å². The maximum atomic E-state index is 12.2. The van der Waals surface area contributed by atoms with E-state index in [0.717, 1.165) is 5.82 Å². The summed E-state index contributed by atoms with van der Waals surface area (Å²) in [6.45, 7) is 3.96. The molecule has 0 saturated carbocycles. The summed E-state index contributed by atoms with van der Waals surface area (Å²) >= 11 is 0. The summed E-state index contributed by atoms with van der Waals surface area (Å²) in [5.41, 5.74) is 0.345. The van der Waals surface area contributed by atoms with Gasteiger partial charge in [-0.1, -0.05) is 6.07 Å². The van der Waals surface area contributed by atoms with Gasteiger partial charge in [-0.15, -0.1) is 0 Å². The molecule has 0 aromatic carbocycles. The minimum atomic E-state index is -4.81. The van der Waals surface area contributed by atoms with Crippen molar-refractivity contribution in [3.8, 4) is 0 Å². The van der Waals surface area contributed by atoms with E-state index in [-0.39, 0.29) is 0 Å². The number of halogens is 3. The highest BCUT2D eigenvalue weighted by atomic mass is 19.4. The molecule has 0 bridgehead atoms. The topological polar surface area (TPSA) is 36.4 Å². The summed E-state index contributed by atoms with van der Waals surface area (Å²) in [5, 5.41) is 0. The van der Waals surface area contributed by atoms with E-state index in [9.17, 15) is 18.0 Å². The van der Waals surface area contributed by atoms with Crippen LogP contribution in [0.3, 0.4) is 0 Å². The number of ketones is 1. The molecule has 0 spiro atoms. The molecule has 7 heteroatoms. The molecular formula is C14H16F3N3O. The van der Waals surface area contributed by atoms with E-state index in [0.29, 0.717) is 38.0 Å². The molecule has 1 fully saturated rings. The van der Waals surface area contributed by atoms with Crippen LogP contribution in [-0.2, 0) is 4.79 Å². The molecule has 21 heavy (non-hydrogen) atoms. The smallest absolute Gasteiger partial charge is 0.371 e. The summed E-state index contributed by atoms with van der Waals surface area (Å²) in [6.07, 6.45) is -2.44. The van der Waals surface area contributed by atoms with Crippen LogP contribution in [0.4, 0.5) is 19.0 Å². The van der Waals surface area contributed by atoms with Gasteiger partial charge >= 0.3 is 6.18 Å². The predicted octanol–water partition coefficient (Wildman–Crippen LogP) is 2.24. The average molecular weight is 299 g/mol. The second-order valence-corrected chi connectivity index (χ2v) is 4.81. The van der Waals surface area contributed by atoms with Gasteiger partial charge in [0, 0.05) is 44.1 Å². The van der Waals surface area contributed by atoms with Crippen molar-refractivity contribution in [2.45, 2.75) is 13.1 Å². The normalized spacial score (nSPS) is 17.0. The standard InChI is InChI=1S/C14H16F3N3O/c1-11(10-12(21)14(15,16)17)19-6-8-20(9-7-19)13-4-2-3-5-18-13/h2-5,10H,6-9H2,1H3/b11-10+. The van der Waals surface area contributed by atoms with Gasteiger partial charge in [-0.2, -0.15) is 13.2 Å². The van der Waals surface area contributed by atoms with E-state index in [2.05, 4.69) is 9.88 Å². The highest BCUT2D eigenvalue weighted by Gasteiger charge is 2.36. The number of nitrogens with zero attached hydrogens (tertiary/aromatic N) is 3. The van der Waals surface area contributed by atoms with Crippen LogP contribution in [0, 0.1) is 0 Å². The monoisotopic (exact) mass is 299 g/mol. The average Bonchev–Trinajstić information content (AvgIpc) is 2.47. The van der Waals surface area contributed by atoms with Crippen LogP contribution in [-0.4, -0.2) is 48.0 Å². The lowest BCUT2D eigenvalue weighted by Crippen LogP contribution is -2.46. The first-order valence-electron chi connectivity index (χ1n) is 6.58. The molecule has 0 aliphatic carbocycles. The molecule has 4 nitrogen and oxygen atoms in total. The van der Waals surface area contributed by atoms with Crippen LogP contribution in [0.2, 0.25) is 0 Å². The number of carbonyl (C=O) groups excluding carboxylic acids is 1. The fourth-order valence-electron chi connectivity index (χ4n) is 2.19. The third-order valence-electron chi connectivity index (χ3n) is 3.37. The van der Waals surface area contributed by atoms with Gasteiger partial charge in [-0.3, -0.25) is 4.79 Å². The molecule has 2 heterocycles. The molecule has 1 aliphatic heterocycles. The van der Waals surface area contributed by atoms with Crippen LogP contribution in [0.1, 0.15) is 6.92 Å². The predicted molar refractivity (Wildman–Crippen MR) is 72.8 cm³/mol. The number of rotatable bonds is 3. The zero-order valence-electron chi connectivity index (χ0n) is 11.6. The highest BCUT2D eigenvalue weighted by molar-refractivity contribution is 5.94. The zero-order chi connectivity index (χ0) is 15.5. The number of anilines is 1. The van der Waals surface area contributed by atoms with Crippen molar-refractivity contribution in [3.05, 3.63) is 36.2 Å². The Balaban J connectivity index is 1.95. The highest BCUT2D eigenvalue weighted by Crippen LogP contribution is 2.19. The van der Waals surface area contributed by atoms with Crippen LogP contribution < -0.4 is 4.90 Å². The van der Waals surface area contributed by atoms with E-state index in [1.165, 1.54) is 6.92 Å². The quantitative estimate of drug-likeness (QED) is 0.802. The third kappa shape index (κ3) is 3.96. The maximum Gasteiger partial charge on any atom is 0.454 e. The van der Waals surface area contributed by atoms with Crippen LogP contribution in [0.25, 0.3) is 0 Å². The summed E-state index contributed by atoms with van der Waals surface area (Å²) in [7, 11) is 0. The van der Waals surface area contributed by atoms with E-state index < -0.39 is 12.0 Å². The molecule has 114 valence electrons. The van der Waals surface area contributed by atoms with Crippen LogP contribution in [0.5, 0.6) is 0 Å². The Kier molecular flexibility index (Phi) is 4.50. The van der Waals surface area contributed by atoms with Gasteiger partial charge in [-0.05, 0) is 19.1 Å². The van der Waals surface area contributed by atoms with Gasteiger partial charge in [-0.25, -0.2) is 4.98 Å². The Bertz CT molecular complexity index is 520. The largest absolute Gasteiger partial charge is 0.454 e. The van der Waals surface area contributed by atoms with Crippen molar-refractivity contribution < 1.29 is 18.0 Å². The second kappa shape index (κ2) is 6.15. The molecule has 1 saturated heterocycles. The lowest BCUT2D eigenvalue weighted by Gasteiger charge is -2.37. The first-order chi connectivity index (χ1) is 9.88. The molecule has 0 radical (unpaired) electrons. The number of pyridine rings is 1. The SMILES string of the molecule is C/C(=C\C(=O)C(F)(F)F)N1CCN(c2ccccn2)CC1. The molecule has 1 aromatic rings. The Labute approximate surface area is 120 Å². The molecular weight excluding hydrogens is 283 g/mol. The lowest BCUT2D eigenvalue weighted by atomic mass is 10.2. The van der Waals surface area contributed by atoms with Crippen molar-refractivity contribution in [1.29, 1.82) is 0 Å². The first-order valence-corrected chi connectivity index (χ1v) is 6.58. The van der Waals surface area contributed by atoms with Crippen molar-refractivity contribution in [2.24, 2.45) is 0 Å². The number of carbonyl (C=O) groups is 1. The van der Waals surface area contributed by atoms with Crippen molar-refractivity contribution >= 4 is 11.6 Å². The summed E-state index contributed by atoms with van der Waals surface area (Å²) < 4.78 is 36.7. The van der Waals surface area contributed by atoms with Gasteiger partial charge in [0.2, 0.25) is 0 Å². The zero-order valence-corrected chi connectivity index (χ0v) is 11.6. The number of allylic oxidation sites excluding steroid dienone is 2. The van der Waals surface area contributed by atoms with Crippen LogP contribution >= 0.6 is 0 Å². The van der Waals surface area contributed by atoms with Gasteiger partial charge in [0.1, 0.15) is 5.82 Å². The Morgan fingerprint density at radius 1 is 1.24 bits per heavy atom. The number of hydrogen-bond acceptors (Lipinski definition) is 4. The van der Waals surface area contributed by atoms with E-state index in [4.69, 9.17) is 0 Å². The molecule has 1 aromatic heterocycles.